The monoisotopic (exact) mass is 290 g/mol. The van der Waals surface area contributed by atoms with Crippen LogP contribution in [0.25, 0.3) is 0 Å². The van der Waals surface area contributed by atoms with E-state index in [1.807, 2.05) is 12.4 Å². The first-order valence-corrected chi connectivity index (χ1v) is 6.35. The average Bonchev–Trinajstić information content (AvgIpc) is 2.31. The van der Waals surface area contributed by atoms with Crippen LogP contribution in [0.15, 0.2) is 41.1 Å². The van der Waals surface area contributed by atoms with E-state index in [0.717, 1.165) is 16.7 Å². The second-order valence-corrected chi connectivity index (χ2v) is 4.95. The van der Waals surface area contributed by atoms with Crippen molar-refractivity contribution in [2.75, 3.05) is 5.32 Å². The molecule has 2 aromatic rings. The first-order valence-electron chi connectivity index (χ1n) is 5.56. The van der Waals surface area contributed by atoms with Crippen LogP contribution in [0.4, 0.5) is 5.69 Å². The highest BCUT2D eigenvalue weighted by molar-refractivity contribution is 9.10. The molecule has 0 atom stereocenters. The maximum Gasteiger partial charge on any atom is 0.0490 e. The highest BCUT2D eigenvalue weighted by atomic mass is 79.9. The van der Waals surface area contributed by atoms with Crippen molar-refractivity contribution in [1.29, 1.82) is 0 Å². The normalized spacial score (nSPS) is 10.3. The molecule has 2 rings (SSSR count). The standard InChI is InChI=1S/C14H15BrN2/c1-10-6-12(8-16-7-10)9-17-13-5-3-4-11(2)14(13)15/h3-8,17H,9H2,1-2H3. The van der Waals surface area contributed by atoms with Crippen molar-refractivity contribution in [1.82, 2.24) is 4.98 Å². The Balaban J connectivity index is 2.10. The molecule has 0 unspecified atom stereocenters. The summed E-state index contributed by atoms with van der Waals surface area (Å²) >= 11 is 3.59. The minimum absolute atomic E-state index is 0.788. The van der Waals surface area contributed by atoms with Gasteiger partial charge in [-0.25, -0.2) is 0 Å². The quantitative estimate of drug-likeness (QED) is 0.922. The average molecular weight is 291 g/mol. The second-order valence-electron chi connectivity index (χ2n) is 4.16. The third-order valence-corrected chi connectivity index (χ3v) is 3.66. The van der Waals surface area contributed by atoms with Crippen LogP contribution in [0.1, 0.15) is 16.7 Å². The molecule has 0 aliphatic carbocycles. The molecule has 0 spiro atoms. The molecular weight excluding hydrogens is 276 g/mol. The Labute approximate surface area is 110 Å². The summed E-state index contributed by atoms with van der Waals surface area (Å²) in [6.45, 7) is 4.93. The second kappa shape index (κ2) is 5.32. The molecule has 88 valence electrons. The number of aromatic nitrogens is 1. The molecular formula is C14H15BrN2. The fourth-order valence-corrected chi connectivity index (χ4v) is 2.10. The molecule has 0 amide bonds. The number of rotatable bonds is 3. The molecule has 1 heterocycles. The summed E-state index contributed by atoms with van der Waals surface area (Å²) < 4.78 is 1.13. The number of aryl methyl sites for hydroxylation is 2. The maximum atomic E-state index is 4.18. The summed E-state index contributed by atoms with van der Waals surface area (Å²) in [7, 11) is 0. The van der Waals surface area contributed by atoms with Gasteiger partial charge in [-0.2, -0.15) is 0 Å². The number of nitrogens with zero attached hydrogens (tertiary/aromatic N) is 1. The highest BCUT2D eigenvalue weighted by Gasteiger charge is 2.01. The molecule has 0 aliphatic heterocycles. The van der Waals surface area contributed by atoms with Gasteiger partial charge in [0.2, 0.25) is 0 Å². The van der Waals surface area contributed by atoms with E-state index in [1.54, 1.807) is 0 Å². The van der Waals surface area contributed by atoms with Crippen molar-refractivity contribution in [2.24, 2.45) is 0 Å². The number of pyridine rings is 1. The molecule has 1 aromatic carbocycles. The lowest BCUT2D eigenvalue weighted by Gasteiger charge is -2.10. The van der Waals surface area contributed by atoms with E-state index in [1.165, 1.54) is 16.7 Å². The van der Waals surface area contributed by atoms with E-state index in [2.05, 4.69) is 64.3 Å². The van der Waals surface area contributed by atoms with Crippen LogP contribution >= 0.6 is 15.9 Å². The summed E-state index contributed by atoms with van der Waals surface area (Å²) in [5, 5.41) is 3.41. The third-order valence-electron chi connectivity index (χ3n) is 2.61. The fraction of sp³-hybridized carbons (Fsp3) is 0.214. The van der Waals surface area contributed by atoms with Crippen molar-refractivity contribution in [3.05, 3.63) is 57.8 Å². The molecule has 0 bridgehead atoms. The number of hydrogen-bond donors (Lipinski definition) is 1. The van der Waals surface area contributed by atoms with Gasteiger partial charge >= 0.3 is 0 Å². The number of benzene rings is 1. The van der Waals surface area contributed by atoms with Gasteiger partial charge in [-0.3, -0.25) is 4.98 Å². The predicted octanol–water partition coefficient (Wildman–Crippen LogP) is 4.07. The fourth-order valence-electron chi connectivity index (χ4n) is 1.70. The number of hydrogen-bond acceptors (Lipinski definition) is 2. The number of halogens is 1. The zero-order valence-corrected chi connectivity index (χ0v) is 11.6. The van der Waals surface area contributed by atoms with Gasteiger partial charge in [0, 0.05) is 29.1 Å². The molecule has 17 heavy (non-hydrogen) atoms. The summed E-state index contributed by atoms with van der Waals surface area (Å²) in [6.07, 6.45) is 3.76. The van der Waals surface area contributed by atoms with Gasteiger partial charge in [0.05, 0.1) is 0 Å². The first kappa shape index (κ1) is 12.1. The van der Waals surface area contributed by atoms with E-state index in [0.29, 0.717) is 0 Å². The molecule has 0 radical (unpaired) electrons. The Morgan fingerprint density at radius 2 is 2.06 bits per heavy atom. The summed E-state index contributed by atoms with van der Waals surface area (Å²) in [5.41, 5.74) is 4.73. The van der Waals surface area contributed by atoms with Crippen LogP contribution in [0.2, 0.25) is 0 Å². The number of nitrogens with one attached hydrogen (secondary N) is 1. The minimum atomic E-state index is 0.788. The third kappa shape index (κ3) is 3.07. The summed E-state index contributed by atoms with van der Waals surface area (Å²) in [5.74, 6) is 0. The zero-order chi connectivity index (χ0) is 12.3. The largest absolute Gasteiger partial charge is 0.380 e. The molecule has 3 heteroatoms. The lowest BCUT2D eigenvalue weighted by molar-refractivity contribution is 1.09. The van der Waals surface area contributed by atoms with Crippen LogP contribution in [-0.4, -0.2) is 4.98 Å². The number of anilines is 1. The summed E-state index contributed by atoms with van der Waals surface area (Å²) in [4.78, 5) is 4.18. The van der Waals surface area contributed by atoms with Crippen LogP contribution in [0, 0.1) is 13.8 Å². The Bertz CT molecular complexity index is 523. The Morgan fingerprint density at radius 3 is 2.82 bits per heavy atom. The first-order chi connectivity index (χ1) is 8.16. The molecule has 0 saturated carbocycles. The van der Waals surface area contributed by atoms with Crippen LogP contribution in [0.3, 0.4) is 0 Å². The molecule has 0 saturated heterocycles. The molecule has 1 aromatic heterocycles. The van der Waals surface area contributed by atoms with E-state index in [-0.39, 0.29) is 0 Å². The zero-order valence-electron chi connectivity index (χ0n) is 10.00. The lowest BCUT2D eigenvalue weighted by Crippen LogP contribution is -2.01. The molecule has 0 aliphatic rings. The highest BCUT2D eigenvalue weighted by Crippen LogP contribution is 2.26. The molecule has 2 nitrogen and oxygen atoms in total. The van der Waals surface area contributed by atoms with E-state index in [9.17, 15) is 0 Å². The summed E-state index contributed by atoms with van der Waals surface area (Å²) in [6, 6.07) is 8.35. The lowest BCUT2D eigenvalue weighted by atomic mass is 10.2. The van der Waals surface area contributed by atoms with Gasteiger partial charge in [-0.1, -0.05) is 18.2 Å². The van der Waals surface area contributed by atoms with Gasteiger partial charge in [0.1, 0.15) is 0 Å². The molecule has 0 fully saturated rings. The minimum Gasteiger partial charge on any atom is -0.380 e. The van der Waals surface area contributed by atoms with Crippen molar-refractivity contribution in [3.8, 4) is 0 Å². The van der Waals surface area contributed by atoms with Crippen molar-refractivity contribution < 1.29 is 0 Å². The Hall–Kier alpha value is -1.35. The smallest absolute Gasteiger partial charge is 0.0490 e. The van der Waals surface area contributed by atoms with Gasteiger partial charge in [-0.05, 0) is 52.5 Å². The van der Waals surface area contributed by atoms with Gasteiger partial charge < -0.3 is 5.32 Å². The van der Waals surface area contributed by atoms with Gasteiger partial charge in [-0.15, -0.1) is 0 Å². The Kier molecular flexibility index (Phi) is 3.79. The topological polar surface area (TPSA) is 24.9 Å². The molecule has 1 N–H and O–H groups in total. The van der Waals surface area contributed by atoms with Crippen LogP contribution < -0.4 is 5.32 Å². The van der Waals surface area contributed by atoms with Crippen LogP contribution in [-0.2, 0) is 6.54 Å². The van der Waals surface area contributed by atoms with Crippen molar-refractivity contribution in [3.63, 3.8) is 0 Å². The maximum absolute atomic E-state index is 4.18. The van der Waals surface area contributed by atoms with Gasteiger partial charge in [0.25, 0.3) is 0 Å². The van der Waals surface area contributed by atoms with Crippen molar-refractivity contribution >= 4 is 21.6 Å². The van der Waals surface area contributed by atoms with E-state index < -0.39 is 0 Å². The predicted molar refractivity (Wildman–Crippen MR) is 75.2 cm³/mol. The SMILES string of the molecule is Cc1cncc(CNc2cccc(C)c2Br)c1. The van der Waals surface area contributed by atoms with E-state index >= 15 is 0 Å². The van der Waals surface area contributed by atoms with Crippen LogP contribution in [0.5, 0.6) is 0 Å². The Morgan fingerprint density at radius 1 is 1.24 bits per heavy atom. The van der Waals surface area contributed by atoms with E-state index in [4.69, 9.17) is 0 Å². The van der Waals surface area contributed by atoms with Crippen molar-refractivity contribution in [2.45, 2.75) is 20.4 Å². The van der Waals surface area contributed by atoms with Gasteiger partial charge in [0.15, 0.2) is 0 Å².